The van der Waals surface area contributed by atoms with Gasteiger partial charge in [-0.25, -0.2) is 0 Å². The van der Waals surface area contributed by atoms with E-state index in [-0.39, 0.29) is 46.4 Å². The third-order valence-electron chi connectivity index (χ3n) is 6.02. The monoisotopic (exact) mass is 421 g/mol. The Balaban J connectivity index is 2.80. The Labute approximate surface area is 185 Å². The third-order valence-corrected chi connectivity index (χ3v) is 6.02. The molecule has 1 aliphatic carbocycles. The molecule has 1 aliphatic rings. The van der Waals surface area contributed by atoms with Gasteiger partial charge in [0.15, 0.2) is 0 Å². The second-order valence-electron chi connectivity index (χ2n) is 12.3. The van der Waals surface area contributed by atoms with Crippen molar-refractivity contribution in [3.8, 4) is 0 Å². The molecule has 0 aromatic rings. The van der Waals surface area contributed by atoms with Crippen molar-refractivity contribution in [2.75, 3.05) is 0 Å². The first-order valence-electron chi connectivity index (χ1n) is 11.6. The number of ether oxygens (including phenoxy) is 1. The average molecular weight is 422 g/mol. The van der Waals surface area contributed by atoms with Gasteiger partial charge in [-0.3, -0.25) is 9.59 Å². The van der Waals surface area contributed by atoms with Gasteiger partial charge < -0.3 is 10.1 Å². The van der Waals surface area contributed by atoms with Gasteiger partial charge in [0.1, 0.15) is 17.4 Å². The van der Waals surface area contributed by atoms with E-state index >= 15 is 0 Å². The number of esters is 1. The van der Waals surface area contributed by atoms with Gasteiger partial charge in [-0.1, -0.05) is 67.5 Å². The summed E-state index contributed by atoms with van der Waals surface area (Å²) in [5.41, 5.74) is -0.488. The predicted molar refractivity (Wildman–Crippen MR) is 125 cm³/mol. The second-order valence-corrected chi connectivity index (χ2v) is 12.3. The topological polar surface area (TPSA) is 55.4 Å². The third kappa shape index (κ3) is 8.17. The summed E-state index contributed by atoms with van der Waals surface area (Å²) >= 11 is 0. The first-order chi connectivity index (χ1) is 13.4. The summed E-state index contributed by atoms with van der Waals surface area (Å²) in [7, 11) is 0. The summed E-state index contributed by atoms with van der Waals surface area (Å²) in [6.45, 7) is 22.9. The number of hydrogen-bond donors (Lipinski definition) is 1. The van der Waals surface area contributed by atoms with Gasteiger partial charge in [0.25, 0.3) is 0 Å². The predicted octanol–water partition coefficient (Wildman–Crippen LogP) is 5.94. The zero-order valence-electron chi connectivity index (χ0n) is 21.4. The fourth-order valence-electron chi connectivity index (χ4n) is 5.24. The molecule has 0 bridgehead atoms. The van der Waals surface area contributed by atoms with Crippen molar-refractivity contribution >= 4 is 11.8 Å². The van der Waals surface area contributed by atoms with Crippen LogP contribution in [-0.4, -0.2) is 29.4 Å². The zero-order chi connectivity index (χ0) is 23.5. The van der Waals surface area contributed by atoms with Gasteiger partial charge in [-0.15, -0.1) is 0 Å². The normalized spacial score (nSPS) is 23.9. The number of ketones is 1. The maximum atomic E-state index is 13.2. The van der Waals surface area contributed by atoms with Crippen LogP contribution in [0.4, 0.5) is 0 Å². The van der Waals surface area contributed by atoms with E-state index in [1.165, 1.54) is 0 Å². The molecule has 0 saturated carbocycles. The fraction of sp³-hybridized carbons (Fsp3) is 0.846. The molecule has 4 nitrogen and oxygen atoms in total. The number of Topliss-reactive ketones (excluding diaryl/α,β-unsaturated/α-hetero) is 1. The molecule has 1 N–H and O–H groups in total. The van der Waals surface area contributed by atoms with E-state index in [4.69, 9.17) is 4.74 Å². The molecule has 0 aliphatic heterocycles. The van der Waals surface area contributed by atoms with Crippen LogP contribution in [0.5, 0.6) is 0 Å². The molecule has 0 spiro atoms. The Bertz CT molecular complexity index is 625. The number of hydrogen-bond acceptors (Lipinski definition) is 4. The Morgan fingerprint density at radius 2 is 1.70 bits per heavy atom. The minimum absolute atomic E-state index is 0.0157. The average Bonchev–Trinajstić information content (AvgIpc) is 2.47. The van der Waals surface area contributed by atoms with Crippen LogP contribution in [-0.2, 0) is 14.3 Å². The van der Waals surface area contributed by atoms with Crippen molar-refractivity contribution in [2.24, 2.45) is 28.6 Å². The van der Waals surface area contributed by atoms with Crippen LogP contribution in [0.2, 0.25) is 0 Å². The first kappa shape index (κ1) is 26.9. The van der Waals surface area contributed by atoms with E-state index in [9.17, 15) is 9.59 Å². The lowest BCUT2D eigenvalue weighted by Gasteiger charge is -2.39. The lowest BCUT2D eigenvalue weighted by molar-refractivity contribution is -0.163. The summed E-state index contributed by atoms with van der Waals surface area (Å²) in [5, 5.41) is 3.40. The smallest absolute Gasteiger partial charge is 0.323 e. The molecule has 4 atom stereocenters. The first-order valence-corrected chi connectivity index (χ1v) is 11.6. The highest BCUT2D eigenvalue weighted by Gasteiger charge is 2.40. The van der Waals surface area contributed by atoms with Gasteiger partial charge in [0.2, 0.25) is 0 Å². The van der Waals surface area contributed by atoms with Crippen molar-refractivity contribution < 1.29 is 14.3 Å². The van der Waals surface area contributed by atoms with Crippen LogP contribution in [0.25, 0.3) is 0 Å². The van der Waals surface area contributed by atoms with Crippen molar-refractivity contribution in [3.05, 3.63) is 12.2 Å². The summed E-state index contributed by atoms with van der Waals surface area (Å²) in [6, 6.07) is -0.513. The molecule has 0 heterocycles. The molecular formula is C26H47NO3. The Hall–Kier alpha value is -1.16. The van der Waals surface area contributed by atoms with Crippen molar-refractivity contribution in [3.63, 3.8) is 0 Å². The van der Waals surface area contributed by atoms with Crippen molar-refractivity contribution in [1.29, 1.82) is 0 Å². The Morgan fingerprint density at radius 1 is 1.13 bits per heavy atom. The quantitative estimate of drug-likeness (QED) is 0.369. The highest BCUT2D eigenvalue weighted by Crippen LogP contribution is 2.41. The molecule has 0 saturated heterocycles. The van der Waals surface area contributed by atoms with Crippen LogP contribution in [0, 0.1) is 28.6 Å². The molecule has 0 aromatic carbocycles. The largest absolute Gasteiger partial charge is 0.458 e. The lowest BCUT2D eigenvalue weighted by Crippen LogP contribution is -2.50. The number of carbonyl (C=O) groups is 2. The fourth-order valence-corrected chi connectivity index (χ4v) is 5.24. The SMILES string of the molecule is CC(CC(=O)C1C(C)C=CCC1(C)C)NC(C(=O)OC(C)(C)CC(C)(C)C)C(C)C. The van der Waals surface area contributed by atoms with E-state index < -0.39 is 11.6 Å². The van der Waals surface area contributed by atoms with E-state index in [0.29, 0.717) is 6.42 Å². The molecule has 4 heteroatoms. The molecule has 174 valence electrons. The van der Waals surface area contributed by atoms with E-state index in [0.717, 1.165) is 12.8 Å². The summed E-state index contributed by atoms with van der Waals surface area (Å²) in [4.78, 5) is 26.1. The maximum Gasteiger partial charge on any atom is 0.323 e. The highest BCUT2D eigenvalue weighted by atomic mass is 16.6. The molecule has 0 aromatic heterocycles. The van der Waals surface area contributed by atoms with Gasteiger partial charge in [0, 0.05) is 18.4 Å². The molecule has 30 heavy (non-hydrogen) atoms. The molecule has 0 amide bonds. The minimum Gasteiger partial charge on any atom is -0.458 e. The lowest BCUT2D eigenvalue weighted by atomic mass is 9.64. The zero-order valence-corrected chi connectivity index (χ0v) is 21.4. The van der Waals surface area contributed by atoms with Crippen LogP contribution in [0.15, 0.2) is 12.2 Å². The van der Waals surface area contributed by atoms with E-state index in [2.05, 4.69) is 59.0 Å². The van der Waals surface area contributed by atoms with Gasteiger partial charge >= 0.3 is 5.97 Å². The molecule has 4 unspecified atom stereocenters. The summed E-state index contributed by atoms with van der Waals surface area (Å²) in [6.07, 6.45) is 6.50. The van der Waals surface area contributed by atoms with Crippen molar-refractivity contribution in [1.82, 2.24) is 5.32 Å². The molecule has 1 rings (SSSR count). The van der Waals surface area contributed by atoms with Crippen LogP contribution >= 0.6 is 0 Å². The molecule has 0 fully saturated rings. The van der Waals surface area contributed by atoms with Gasteiger partial charge in [-0.2, -0.15) is 0 Å². The van der Waals surface area contributed by atoms with E-state index in [1.807, 2.05) is 34.6 Å². The second kappa shape index (κ2) is 9.97. The number of allylic oxidation sites excluding steroid dienone is 2. The Kier molecular flexibility index (Phi) is 8.94. The molecule has 0 radical (unpaired) electrons. The van der Waals surface area contributed by atoms with Crippen LogP contribution in [0.1, 0.15) is 95.4 Å². The molecular weight excluding hydrogens is 374 g/mol. The van der Waals surface area contributed by atoms with E-state index in [1.54, 1.807) is 0 Å². The minimum atomic E-state index is -0.531. The standard InChI is InChI=1S/C26H47NO3/c1-17(2)22(23(29)30-26(10,11)16-24(5,6)7)27-19(4)15-20(28)21-18(3)13-12-14-25(21,8)9/h12-13,17-19,21-22,27H,14-16H2,1-11H3. The van der Waals surface area contributed by atoms with Gasteiger partial charge in [-0.05, 0) is 56.3 Å². The number of rotatable bonds is 9. The Morgan fingerprint density at radius 3 is 2.17 bits per heavy atom. The summed E-state index contributed by atoms with van der Waals surface area (Å²) in [5.74, 6) is 0.390. The maximum absolute atomic E-state index is 13.2. The van der Waals surface area contributed by atoms with Gasteiger partial charge in [0.05, 0.1) is 0 Å². The highest BCUT2D eigenvalue weighted by molar-refractivity contribution is 5.83. The summed E-state index contributed by atoms with van der Waals surface area (Å²) < 4.78 is 5.91. The van der Waals surface area contributed by atoms with Crippen molar-refractivity contribution in [2.45, 2.75) is 113 Å². The van der Waals surface area contributed by atoms with Crippen LogP contribution < -0.4 is 5.32 Å². The number of carbonyl (C=O) groups excluding carboxylic acids is 2. The van der Waals surface area contributed by atoms with Crippen LogP contribution in [0.3, 0.4) is 0 Å². The number of nitrogens with one attached hydrogen (secondary N) is 1.